The maximum Gasteiger partial charge on any atom is 0.292 e. The lowest BCUT2D eigenvalue weighted by Crippen LogP contribution is -2.24. The molecule has 0 saturated heterocycles. The Balaban J connectivity index is 2.15. The highest BCUT2D eigenvalue weighted by Crippen LogP contribution is 2.24. The van der Waals surface area contributed by atoms with Crippen LogP contribution in [0.3, 0.4) is 0 Å². The van der Waals surface area contributed by atoms with Crippen LogP contribution in [-0.2, 0) is 6.54 Å². The van der Waals surface area contributed by atoms with Gasteiger partial charge < -0.3 is 11.1 Å². The zero-order chi connectivity index (χ0) is 13.8. The highest BCUT2D eigenvalue weighted by Gasteiger charge is 2.18. The topological polar surface area (TPSA) is 111 Å². The number of rotatable bonds is 4. The number of hydrogen-bond donors (Lipinski definition) is 2. The number of thiazole rings is 1. The van der Waals surface area contributed by atoms with Gasteiger partial charge in [0.15, 0.2) is 0 Å². The van der Waals surface area contributed by atoms with E-state index in [-0.39, 0.29) is 23.5 Å². The maximum atomic E-state index is 11.9. The monoisotopic (exact) mass is 278 g/mol. The number of aromatic nitrogens is 1. The Morgan fingerprint density at radius 3 is 2.95 bits per heavy atom. The summed E-state index contributed by atoms with van der Waals surface area (Å²) in [7, 11) is 0. The first-order valence-corrected chi connectivity index (χ1v) is 6.17. The average molecular weight is 278 g/mol. The van der Waals surface area contributed by atoms with E-state index in [0.29, 0.717) is 0 Å². The molecule has 0 aliphatic rings. The smallest absolute Gasteiger partial charge is 0.292 e. The molecule has 8 heteroatoms. The van der Waals surface area contributed by atoms with Crippen molar-refractivity contribution >= 4 is 28.6 Å². The summed E-state index contributed by atoms with van der Waals surface area (Å²) < 4.78 is 0. The SMILES string of the molecule is Nc1c(C(=O)NCc2nccs2)cccc1[N+](=O)[O-]. The molecule has 0 aliphatic heterocycles. The van der Waals surface area contributed by atoms with E-state index in [1.807, 2.05) is 0 Å². The summed E-state index contributed by atoms with van der Waals surface area (Å²) in [5, 5.41) is 15.9. The third-order valence-electron chi connectivity index (χ3n) is 2.41. The van der Waals surface area contributed by atoms with Gasteiger partial charge in [0.05, 0.1) is 17.0 Å². The summed E-state index contributed by atoms with van der Waals surface area (Å²) in [6.45, 7) is 0.263. The zero-order valence-electron chi connectivity index (χ0n) is 9.70. The first-order chi connectivity index (χ1) is 9.09. The van der Waals surface area contributed by atoms with Gasteiger partial charge in [-0.15, -0.1) is 11.3 Å². The number of amides is 1. The molecule has 3 N–H and O–H groups in total. The fourth-order valence-corrected chi connectivity index (χ4v) is 2.06. The molecule has 2 aromatic rings. The number of benzene rings is 1. The molecule has 0 radical (unpaired) electrons. The molecular weight excluding hydrogens is 268 g/mol. The predicted octanol–water partition coefficient (Wildman–Crippen LogP) is 1.56. The molecule has 0 fully saturated rings. The minimum absolute atomic E-state index is 0.0887. The van der Waals surface area contributed by atoms with Gasteiger partial charge in [-0.1, -0.05) is 6.07 Å². The van der Waals surface area contributed by atoms with E-state index in [4.69, 9.17) is 5.73 Å². The van der Waals surface area contributed by atoms with Gasteiger partial charge in [0.25, 0.3) is 11.6 Å². The Kier molecular flexibility index (Phi) is 3.71. The molecule has 1 aromatic heterocycles. The Bertz CT molecular complexity index is 612. The molecule has 0 spiro atoms. The number of anilines is 1. The lowest BCUT2D eigenvalue weighted by molar-refractivity contribution is -0.383. The van der Waals surface area contributed by atoms with Crippen LogP contribution in [0.1, 0.15) is 15.4 Å². The Labute approximate surface area is 112 Å². The van der Waals surface area contributed by atoms with Crippen LogP contribution < -0.4 is 11.1 Å². The molecule has 1 heterocycles. The van der Waals surface area contributed by atoms with Crippen LogP contribution in [0.15, 0.2) is 29.8 Å². The second-order valence-electron chi connectivity index (χ2n) is 3.60. The first-order valence-electron chi connectivity index (χ1n) is 5.29. The fraction of sp³-hybridized carbons (Fsp3) is 0.0909. The molecule has 7 nitrogen and oxygen atoms in total. The normalized spacial score (nSPS) is 10.1. The molecule has 0 aliphatic carbocycles. The molecule has 2 rings (SSSR count). The summed E-state index contributed by atoms with van der Waals surface area (Å²) in [5.41, 5.74) is 5.30. The predicted molar refractivity (Wildman–Crippen MR) is 70.8 cm³/mol. The number of hydrogen-bond acceptors (Lipinski definition) is 6. The number of nitrogens with two attached hydrogens (primary N) is 1. The molecular formula is C11H10N4O3S. The van der Waals surface area contributed by atoms with E-state index >= 15 is 0 Å². The third kappa shape index (κ3) is 2.86. The van der Waals surface area contributed by atoms with E-state index < -0.39 is 10.8 Å². The zero-order valence-corrected chi connectivity index (χ0v) is 10.5. The fourth-order valence-electron chi connectivity index (χ4n) is 1.50. The summed E-state index contributed by atoms with van der Waals surface area (Å²) in [6.07, 6.45) is 1.63. The lowest BCUT2D eigenvalue weighted by atomic mass is 10.1. The third-order valence-corrected chi connectivity index (χ3v) is 3.19. The van der Waals surface area contributed by atoms with Crippen LogP contribution in [0.4, 0.5) is 11.4 Å². The molecule has 0 unspecified atom stereocenters. The Morgan fingerprint density at radius 1 is 1.53 bits per heavy atom. The standard InChI is InChI=1S/C11H10N4O3S/c12-10-7(2-1-3-8(10)15(17)18)11(16)14-6-9-13-4-5-19-9/h1-5H,6,12H2,(H,14,16). The van der Waals surface area contributed by atoms with Crippen molar-refractivity contribution in [3.63, 3.8) is 0 Å². The highest BCUT2D eigenvalue weighted by atomic mass is 32.1. The van der Waals surface area contributed by atoms with E-state index in [1.165, 1.54) is 29.5 Å². The first kappa shape index (κ1) is 13.0. The Hall–Kier alpha value is -2.48. The Morgan fingerprint density at radius 2 is 2.32 bits per heavy atom. The van der Waals surface area contributed by atoms with Crippen LogP contribution in [0, 0.1) is 10.1 Å². The van der Waals surface area contributed by atoms with E-state index in [1.54, 1.807) is 11.6 Å². The van der Waals surface area contributed by atoms with Crippen molar-refractivity contribution in [1.82, 2.24) is 10.3 Å². The minimum atomic E-state index is -0.618. The number of carbonyl (C=O) groups is 1. The summed E-state index contributed by atoms with van der Waals surface area (Å²) >= 11 is 1.41. The van der Waals surface area contributed by atoms with Crippen molar-refractivity contribution in [2.45, 2.75) is 6.54 Å². The quantitative estimate of drug-likeness (QED) is 0.501. The molecule has 0 bridgehead atoms. The van der Waals surface area contributed by atoms with Crippen LogP contribution in [0.2, 0.25) is 0 Å². The van der Waals surface area contributed by atoms with Gasteiger partial charge in [-0.05, 0) is 6.07 Å². The number of carbonyl (C=O) groups excluding carboxylic acids is 1. The van der Waals surface area contributed by atoms with E-state index in [2.05, 4.69) is 10.3 Å². The summed E-state index contributed by atoms with van der Waals surface area (Å²) in [5.74, 6) is -0.462. The van der Waals surface area contributed by atoms with Gasteiger partial charge in [0.1, 0.15) is 10.7 Å². The van der Waals surface area contributed by atoms with Gasteiger partial charge in [0.2, 0.25) is 0 Å². The number of para-hydroxylation sites is 1. The van der Waals surface area contributed by atoms with E-state index in [0.717, 1.165) is 5.01 Å². The number of nitrogen functional groups attached to an aromatic ring is 1. The molecule has 19 heavy (non-hydrogen) atoms. The lowest BCUT2D eigenvalue weighted by Gasteiger charge is -2.06. The molecule has 0 saturated carbocycles. The van der Waals surface area contributed by atoms with Gasteiger partial charge in [-0.2, -0.15) is 0 Å². The van der Waals surface area contributed by atoms with Gasteiger partial charge in [0, 0.05) is 17.6 Å². The van der Waals surface area contributed by atoms with Crippen molar-refractivity contribution in [2.75, 3.05) is 5.73 Å². The van der Waals surface area contributed by atoms with Crippen molar-refractivity contribution in [2.24, 2.45) is 0 Å². The second-order valence-corrected chi connectivity index (χ2v) is 4.58. The van der Waals surface area contributed by atoms with Crippen LogP contribution in [-0.4, -0.2) is 15.8 Å². The van der Waals surface area contributed by atoms with Gasteiger partial charge in [-0.3, -0.25) is 14.9 Å². The van der Waals surface area contributed by atoms with Gasteiger partial charge >= 0.3 is 0 Å². The van der Waals surface area contributed by atoms with Crippen molar-refractivity contribution in [3.05, 3.63) is 50.5 Å². The van der Waals surface area contributed by atoms with Crippen LogP contribution >= 0.6 is 11.3 Å². The van der Waals surface area contributed by atoms with Crippen molar-refractivity contribution in [3.8, 4) is 0 Å². The number of nitrogens with one attached hydrogen (secondary N) is 1. The minimum Gasteiger partial charge on any atom is -0.393 e. The largest absolute Gasteiger partial charge is 0.393 e. The molecule has 1 aromatic carbocycles. The number of nitro groups is 1. The van der Waals surface area contributed by atoms with Crippen LogP contribution in [0.5, 0.6) is 0 Å². The average Bonchev–Trinajstić information content (AvgIpc) is 2.89. The van der Waals surface area contributed by atoms with Crippen molar-refractivity contribution in [1.29, 1.82) is 0 Å². The highest BCUT2D eigenvalue weighted by molar-refractivity contribution is 7.09. The number of nitrogens with zero attached hydrogens (tertiary/aromatic N) is 2. The van der Waals surface area contributed by atoms with Gasteiger partial charge in [-0.25, -0.2) is 4.98 Å². The van der Waals surface area contributed by atoms with Crippen LogP contribution in [0.25, 0.3) is 0 Å². The van der Waals surface area contributed by atoms with Crippen molar-refractivity contribution < 1.29 is 9.72 Å². The molecule has 1 amide bonds. The summed E-state index contributed by atoms with van der Waals surface area (Å²) in [6, 6.07) is 4.12. The molecule has 0 atom stereocenters. The number of nitro benzene ring substituents is 1. The van der Waals surface area contributed by atoms with E-state index in [9.17, 15) is 14.9 Å². The molecule has 98 valence electrons. The summed E-state index contributed by atoms with van der Waals surface area (Å²) in [4.78, 5) is 26.0. The maximum absolute atomic E-state index is 11.9. The second kappa shape index (κ2) is 5.44.